The first-order chi connectivity index (χ1) is 15.2. The van der Waals surface area contributed by atoms with E-state index < -0.39 is 0 Å². The van der Waals surface area contributed by atoms with E-state index in [4.69, 9.17) is 9.73 Å². The quantitative estimate of drug-likeness (QED) is 0.257. The number of nitrogens with one attached hydrogen (secondary N) is 2. The van der Waals surface area contributed by atoms with Crippen LogP contribution >= 0.6 is 35.3 Å². The molecular weight excluding hydrogens is 533 g/mol. The van der Waals surface area contributed by atoms with Crippen molar-refractivity contribution < 1.29 is 4.74 Å². The summed E-state index contributed by atoms with van der Waals surface area (Å²) in [7, 11) is 2.15. The van der Waals surface area contributed by atoms with Crippen molar-refractivity contribution >= 4 is 41.3 Å². The zero-order valence-corrected chi connectivity index (χ0v) is 22.7. The first kappa shape index (κ1) is 27.0. The Kier molecular flexibility index (Phi) is 12.6. The SMILES string of the molecule is CCNC(=NCc1cccc(CN(C)CC)c1)NCC(c1cccs1)N1CCOCC1.I. The highest BCUT2D eigenvalue weighted by Crippen LogP contribution is 2.25. The molecule has 0 amide bonds. The molecule has 1 aromatic carbocycles. The maximum absolute atomic E-state index is 5.56. The molecule has 1 aromatic heterocycles. The van der Waals surface area contributed by atoms with Crippen LogP contribution in [0.25, 0.3) is 0 Å². The third-order valence-electron chi connectivity index (χ3n) is 5.57. The average molecular weight is 572 g/mol. The van der Waals surface area contributed by atoms with Gasteiger partial charge in [-0.25, -0.2) is 4.99 Å². The smallest absolute Gasteiger partial charge is 0.191 e. The van der Waals surface area contributed by atoms with Crippen molar-refractivity contribution in [3.8, 4) is 0 Å². The van der Waals surface area contributed by atoms with Crippen molar-refractivity contribution in [2.45, 2.75) is 33.0 Å². The number of thiophene rings is 1. The molecule has 0 spiro atoms. The molecule has 0 aliphatic carbocycles. The average Bonchev–Trinajstić information content (AvgIpc) is 3.33. The number of rotatable bonds is 10. The summed E-state index contributed by atoms with van der Waals surface area (Å²) in [4.78, 5) is 11.1. The molecule has 1 aliphatic heterocycles. The molecule has 2 N–H and O–H groups in total. The molecule has 178 valence electrons. The van der Waals surface area contributed by atoms with Gasteiger partial charge in [0.05, 0.1) is 25.8 Å². The van der Waals surface area contributed by atoms with Crippen LogP contribution < -0.4 is 10.6 Å². The van der Waals surface area contributed by atoms with Crippen LogP contribution in [0.5, 0.6) is 0 Å². The molecular formula is C24H38IN5OS. The number of aliphatic imine (C=N–C) groups is 1. The number of hydrogen-bond donors (Lipinski definition) is 2. The van der Waals surface area contributed by atoms with Crippen molar-refractivity contribution in [1.29, 1.82) is 0 Å². The zero-order valence-electron chi connectivity index (χ0n) is 19.5. The second-order valence-electron chi connectivity index (χ2n) is 7.91. The van der Waals surface area contributed by atoms with Crippen molar-refractivity contribution in [1.82, 2.24) is 20.4 Å². The Labute approximate surface area is 214 Å². The topological polar surface area (TPSA) is 52.1 Å². The minimum atomic E-state index is 0. The van der Waals surface area contributed by atoms with Gasteiger partial charge in [-0.1, -0.05) is 37.3 Å². The number of halogens is 1. The summed E-state index contributed by atoms with van der Waals surface area (Å²) in [6, 6.07) is 13.4. The van der Waals surface area contributed by atoms with Crippen molar-refractivity contribution in [3.63, 3.8) is 0 Å². The maximum atomic E-state index is 5.56. The number of ether oxygens (including phenoxy) is 1. The number of hydrogen-bond acceptors (Lipinski definition) is 5. The largest absolute Gasteiger partial charge is 0.379 e. The molecule has 0 bridgehead atoms. The molecule has 2 heterocycles. The summed E-state index contributed by atoms with van der Waals surface area (Å²) in [5, 5.41) is 9.15. The highest BCUT2D eigenvalue weighted by atomic mass is 127. The highest BCUT2D eigenvalue weighted by molar-refractivity contribution is 14.0. The molecule has 0 saturated carbocycles. The fourth-order valence-corrected chi connectivity index (χ4v) is 4.60. The zero-order chi connectivity index (χ0) is 21.9. The fourth-order valence-electron chi connectivity index (χ4n) is 3.73. The molecule has 1 unspecified atom stereocenters. The lowest BCUT2D eigenvalue weighted by atomic mass is 10.1. The van der Waals surface area contributed by atoms with Gasteiger partial charge in [-0.05, 0) is 43.1 Å². The normalized spacial score (nSPS) is 15.9. The fraction of sp³-hybridized carbons (Fsp3) is 0.542. The molecule has 1 fully saturated rings. The standard InChI is InChI=1S/C24H37N5OS.HI/c1-4-25-24(26-17-20-8-6-9-21(16-20)19-28(3)5-2)27-18-22(23-10-7-15-31-23)29-11-13-30-14-12-29;/h6-10,15-16,22H,4-5,11-14,17-19H2,1-3H3,(H2,25,26,27);1H. The van der Waals surface area contributed by atoms with Gasteiger partial charge in [0.15, 0.2) is 5.96 Å². The lowest BCUT2D eigenvalue weighted by Crippen LogP contribution is -2.46. The Hall–Kier alpha value is -1.20. The van der Waals surface area contributed by atoms with E-state index in [-0.39, 0.29) is 24.0 Å². The van der Waals surface area contributed by atoms with Gasteiger partial charge in [0.2, 0.25) is 0 Å². The van der Waals surface area contributed by atoms with E-state index in [0.29, 0.717) is 12.6 Å². The van der Waals surface area contributed by atoms with E-state index >= 15 is 0 Å². The predicted octanol–water partition coefficient (Wildman–Crippen LogP) is 3.95. The summed E-state index contributed by atoms with van der Waals surface area (Å²) >= 11 is 1.82. The summed E-state index contributed by atoms with van der Waals surface area (Å²) in [6.07, 6.45) is 0. The molecule has 1 saturated heterocycles. The molecule has 8 heteroatoms. The van der Waals surface area contributed by atoms with E-state index in [9.17, 15) is 0 Å². The predicted molar refractivity (Wildman–Crippen MR) is 146 cm³/mol. The monoisotopic (exact) mass is 571 g/mol. The molecule has 32 heavy (non-hydrogen) atoms. The molecule has 3 rings (SSSR count). The third-order valence-corrected chi connectivity index (χ3v) is 6.54. The second-order valence-corrected chi connectivity index (χ2v) is 8.89. The van der Waals surface area contributed by atoms with Crippen LogP contribution in [0.2, 0.25) is 0 Å². The van der Waals surface area contributed by atoms with E-state index in [1.807, 2.05) is 11.3 Å². The summed E-state index contributed by atoms with van der Waals surface area (Å²) in [5.74, 6) is 0.869. The number of guanidine groups is 1. The Bertz CT molecular complexity index is 795. The number of benzene rings is 1. The van der Waals surface area contributed by atoms with Crippen LogP contribution in [-0.4, -0.2) is 68.7 Å². The Morgan fingerprint density at radius 1 is 1.16 bits per heavy atom. The van der Waals surface area contributed by atoms with E-state index in [1.165, 1.54) is 16.0 Å². The first-order valence-electron chi connectivity index (χ1n) is 11.3. The van der Waals surface area contributed by atoms with Crippen molar-refractivity contribution in [2.75, 3.05) is 53.0 Å². The summed E-state index contributed by atoms with van der Waals surface area (Å²) in [5.41, 5.74) is 2.57. The second kappa shape index (κ2) is 14.8. The maximum Gasteiger partial charge on any atom is 0.191 e. The number of morpholine rings is 1. The van der Waals surface area contributed by atoms with Crippen molar-refractivity contribution in [2.24, 2.45) is 4.99 Å². The Morgan fingerprint density at radius 3 is 2.62 bits per heavy atom. The van der Waals surface area contributed by atoms with Gasteiger partial charge >= 0.3 is 0 Å². The van der Waals surface area contributed by atoms with Gasteiger partial charge in [0.1, 0.15) is 0 Å². The first-order valence-corrected chi connectivity index (χ1v) is 12.2. The van der Waals surface area contributed by atoms with Crippen LogP contribution in [0.4, 0.5) is 0 Å². The summed E-state index contributed by atoms with van der Waals surface area (Å²) in [6.45, 7) is 12.2. The summed E-state index contributed by atoms with van der Waals surface area (Å²) < 4.78 is 5.56. The molecule has 0 radical (unpaired) electrons. The Morgan fingerprint density at radius 2 is 1.94 bits per heavy atom. The van der Waals surface area contributed by atoms with Crippen molar-refractivity contribution in [3.05, 3.63) is 57.8 Å². The van der Waals surface area contributed by atoms with Crippen LogP contribution in [0.1, 0.15) is 35.9 Å². The third kappa shape index (κ3) is 8.62. The highest BCUT2D eigenvalue weighted by Gasteiger charge is 2.23. The van der Waals surface area contributed by atoms with Crippen LogP contribution in [0.15, 0.2) is 46.8 Å². The van der Waals surface area contributed by atoms with E-state index in [0.717, 1.165) is 58.4 Å². The molecule has 2 aromatic rings. The van der Waals surface area contributed by atoms with Gasteiger partial charge in [-0.2, -0.15) is 0 Å². The molecule has 6 nitrogen and oxygen atoms in total. The minimum Gasteiger partial charge on any atom is -0.379 e. The Balaban J connectivity index is 0.00000363. The lowest BCUT2D eigenvalue weighted by molar-refractivity contribution is 0.0177. The minimum absolute atomic E-state index is 0. The van der Waals surface area contributed by atoms with Gasteiger partial charge in [0.25, 0.3) is 0 Å². The van der Waals surface area contributed by atoms with Gasteiger partial charge < -0.3 is 20.3 Å². The van der Waals surface area contributed by atoms with Gasteiger partial charge in [-0.15, -0.1) is 35.3 Å². The van der Waals surface area contributed by atoms with Crippen LogP contribution in [0, 0.1) is 0 Å². The van der Waals surface area contributed by atoms with Gasteiger partial charge in [0, 0.05) is 37.6 Å². The molecule has 1 aliphatic rings. The number of nitrogens with zero attached hydrogens (tertiary/aromatic N) is 3. The molecule has 1 atom stereocenters. The lowest BCUT2D eigenvalue weighted by Gasteiger charge is -2.34. The van der Waals surface area contributed by atoms with E-state index in [1.54, 1.807) is 0 Å². The van der Waals surface area contributed by atoms with Crippen LogP contribution in [0.3, 0.4) is 0 Å². The van der Waals surface area contributed by atoms with Gasteiger partial charge in [-0.3, -0.25) is 4.90 Å². The van der Waals surface area contributed by atoms with E-state index in [2.05, 4.69) is 83.1 Å². The van der Waals surface area contributed by atoms with Crippen LogP contribution in [-0.2, 0) is 17.8 Å².